The second-order valence-electron chi connectivity index (χ2n) is 20.5. The van der Waals surface area contributed by atoms with Gasteiger partial charge in [0.15, 0.2) is 5.82 Å². The third-order valence-electron chi connectivity index (χ3n) is 16.1. The van der Waals surface area contributed by atoms with Gasteiger partial charge in [0.2, 0.25) is 0 Å². The van der Waals surface area contributed by atoms with Crippen molar-refractivity contribution in [2.75, 3.05) is 0 Å². The molecule has 4 aliphatic rings. The van der Waals surface area contributed by atoms with Gasteiger partial charge < -0.3 is 9.13 Å². The van der Waals surface area contributed by atoms with E-state index in [0.29, 0.717) is 17.8 Å². The lowest BCUT2D eigenvalue weighted by Gasteiger charge is -2.47. The minimum absolute atomic E-state index is 0.0628. The van der Waals surface area contributed by atoms with Crippen molar-refractivity contribution < 1.29 is 0 Å². The van der Waals surface area contributed by atoms with Crippen LogP contribution in [0.1, 0.15) is 62.5 Å². The molecule has 0 radical (unpaired) electrons. The Kier molecular flexibility index (Phi) is 8.30. The molecule has 326 valence electrons. The second kappa shape index (κ2) is 14.3. The monoisotopic (exact) mass is 874 g/mol. The van der Waals surface area contributed by atoms with E-state index >= 15 is 0 Å². The summed E-state index contributed by atoms with van der Waals surface area (Å²) >= 11 is 0. The summed E-state index contributed by atoms with van der Waals surface area (Å²) in [6.07, 6.45) is 14.1. The summed E-state index contributed by atoms with van der Waals surface area (Å²) in [4.78, 5) is 10.5. The number of hydrogen-bond acceptors (Lipinski definition) is 2. The lowest BCUT2D eigenvalue weighted by atomic mass is 9.63. The molecule has 10 aromatic rings. The van der Waals surface area contributed by atoms with Crippen LogP contribution < -0.4 is 0 Å². The first-order valence-electron chi connectivity index (χ1n) is 24.3. The normalized spacial score (nSPS) is 18.1. The lowest BCUT2D eigenvalue weighted by Crippen LogP contribution is -2.38. The number of allylic oxidation sites excluding steroid dienone is 6. The third-order valence-corrected chi connectivity index (χ3v) is 16.1. The summed E-state index contributed by atoms with van der Waals surface area (Å²) in [5.41, 5.74) is 22.0. The minimum Gasteiger partial charge on any atom is -0.333 e. The van der Waals surface area contributed by atoms with Crippen molar-refractivity contribution in [1.82, 2.24) is 19.1 Å². The molecule has 0 N–H and O–H groups in total. The maximum atomic E-state index is 5.24. The summed E-state index contributed by atoms with van der Waals surface area (Å²) in [5.74, 6) is 1.12. The first-order chi connectivity index (χ1) is 33.2. The molecule has 0 spiro atoms. The van der Waals surface area contributed by atoms with Crippen molar-refractivity contribution in [3.05, 3.63) is 217 Å². The lowest BCUT2D eigenvalue weighted by molar-refractivity contribution is 0.263. The van der Waals surface area contributed by atoms with Gasteiger partial charge >= 0.3 is 0 Å². The molecular weight excluding hydrogens is 825 g/mol. The molecule has 0 saturated heterocycles. The van der Waals surface area contributed by atoms with Crippen molar-refractivity contribution in [1.29, 1.82) is 0 Å². The molecule has 68 heavy (non-hydrogen) atoms. The van der Waals surface area contributed by atoms with E-state index < -0.39 is 0 Å². The number of fused-ring (bicyclic) bond motifs is 11. The smallest absolute Gasteiger partial charge is 0.160 e. The second-order valence-corrected chi connectivity index (χ2v) is 20.5. The molecule has 1 aliphatic heterocycles. The number of hydrogen-bond donors (Lipinski definition) is 0. The molecule has 3 aliphatic carbocycles. The van der Waals surface area contributed by atoms with Gasteiger partial charge in [-0.1, -0.05) is 167 Å². The fraction of sp³-hybridized carbons (Fsp3) is 0.156. The van der Waals surface area contributed by atoms with Crippen LogP contribution in [0.4, 0.5) is 0 Å². The van der Waals surface area contributed by atoms with Crippen molar-refractivity contribution in [3.63, 3.8) is 0 Å². The van der Waals surface area contributed by atoms with Gasteiger partial charge in [0.05, 0.1) is 28.5 Å². The van der Waals surface area contributed by atoms with Gasteiger partial charge in [0, 0.05) is 61.1 Å². The maximum absolute atomic E-state index is 5.24. The van der Waals surface area contributed by atoms with E-state index in [1.807, 2.05) is 12.1 Å². The Bertz CT molecular complexity index is 3800. The molecule has 2 unspecified atom stereocenters. The zero-order valence-electron chi connectivity index (χ0n) is 38.8. The zero-order chi connectivity index (χ0) is 45.5. The van der Waals surface area contributed by atoms with Crippen LogP contribution in [-0.2, 0) is 11.8 Å². The molecule has 4 nitrogen and oxygen atoms in total. The molecule has 0 bridgehead atoms. The number of rotatable bonds is 5. The summed E-state index contributed by atoms with van der Waals surface area (Å²) in [5, 5.41) is 3.89. The fourth-order valence-electron chi connectivity index (χ4n) is 12.7. The molecule has 4 heteroatoms. The minimum atomic E-state index is -0.144. The Labute approximate surface area is 397 Å². The Morgan fingerprint density at radius 1 is 0.515 bits per heavy atom. The van der Waals surface area contributed by atoms with Crippen LogP contribution in [0.3, 0.4) is 0 Å². The highest BCUT2D eigenvalue weighted by Gasteiger charge is 2.46. The average Bonchev–Trinajstić information content (AvgIpc) is 3.97. The van der Waals surface area contributed by atoms with E-state index in [4.69, 9.17) is 9.97 Å². The van der Waals surface area contributed by atoms with Gasteiger partial charge in [0.1, 0.15) is 0 Å². The Hall–Kier alpha value is -7.82. The van der Waals surface area contributed by atoms with Gasteiger partial charge in [-0.05, 0) is 117 Å². The van der Waals surface area contributed by atoms with Crippen LogP contribution in [0.25, 0.3) is 100 Å². The summed E-state index contributed by atoms with van der Waals surface area (Å²) in [7, 11) is 0. The number of nitrogens with zero attached hydrogens (tertiary/aromatic N) is 4. The van der Waals surface area contributed by atoms with E-state index in [0.717, 1.165) is 46.6 Å². The highest BCUT2D eigenvalue weighted by molar-refractivity contribution is 6.13. The molecule has 0 fully saturated rings. The first kappa shape index (κ1) is 39.4. The maximum Gasteiger partial charge on any atom is 0.160 e. The predicted molar refractivity (Wildman–Crippen MR) is 282 cm³/mol. The summed E-state index contributed by atoms with van der Waals surface area (Å²) in [6.45, 7) is 9.66. The fourth-order valence-corrected chi connectivity index (χ4v) is 12.7. The van der Waals surface area contributed by atoms with Crippen LogP contribution >= 0.6 is 0 Å². The molecule has 4 heterocycles. The van der Waals surface area contributed by atoms with E-state index in [2.05, 4.69) is 219 Å². The number of benzene rings is 7. The Balaban J connectivity index is 0.964. The van der Waals surface area contributed by atoms with Gasteiger partial charge in [-0.2, -0.15) is 0 Å². The highest BCUT2D eigenvalue weighted by Crippen LogP contribution is 2.57. The van der Waals surface area contributed by atoms with Crippen LogP contribution in [0.15, 0.2) is 194 Å². The van der Waals surface area contributed by atoms with Crippen molar-refractivity contribution in [2.45, 2.75) is 52.0 Å². The summed E-state index contributed by atoms with van der Waals surface area (Å²) in [6, 6.07) is 60.5. The third kappa shape index (κ3) is 5.61. The van der Waals surface area contributed by atoms with E-state index in [1.165, 1.54) is 82.9 Å². The van der Waals surface area contributed by atoms with Crippen LogP contribution in [0, 0.1) is 11.3 Å². The van der Waals surface area contributed by atoms with E-state index in [-0.39, 0.29) is 10.8 Å². The van der Waals surface area contributed by atoms with E-state index in [1.54, 1.807) is 0 Å². The predicted octanol–water partition coefficient (Wildman–Crippen LogP) is 16.2. The Morgan fingerprint density at radius 2 is 1.18 bits per heavy atom. The van der Waals surface area contributed by atoms with Crippen molar-refractivity contribution >= 4 is 38.3 Å². The summed E-state index contributed by atoms with van der Waals surface area (Å²) < 4.78 is 5.15. The molecule has 0 amide bonds. The van der Waals surface area contributed by atoms with Gasteiger partial charge in [-0.15, -0.1) is 0 Å². The Morgan fingerprint density at radius 3 is 1.94 bits per heavy atom. The van der Waals surface area contributed by atoms with Crippen molar-refractivity contribution in [3.8, 4) is 61.8 Å². The highest BCUT2D eigenvalue weighted by atomic mass is 15.1. The molecule has 3 aromatic heterocycles. The van der Waals surface area contributed by atoms with Crippen LogP contribution in [0.5, 0.6) is 0 Å². The molecule has 0 saturated carbocycles. The van der Waals surface area contributed by atoms with Crippen molar-refractivity contribution in [2.24, 2.45) is 11.3 Å². The number of aryl methyl sites for hydroxylation is 1. The largest absolute Gasteiger partial charge is 0.333 e. The van der Waals surface area contributed by atoms with Crippen LogP contribution in [0.2, 0.25) is 0 Å². The molecule has 2 atom stereocenters. The van der Waals surface area contributed by atoms with Gasteiger partial charge in [-0.3, -0.25) is 0 Å². The zero-order valence-corrected chi connectivity index (χ0v) is 38.8. The topological polar surface area (TPSA) is 35.6 Å². The molecular formula is C64H50N4. The number of aromatic nitrogens is 4. The SMILES string of the molecule is CC1(C)c2ccccc2-c2cc3c4cc(-c5ccc6c(c5)c5c7n6C6C=CC=CC6C(C)(C)C7=CCC5)ccc4n(-c4cccc(-c5nc(-c6ccccc6)cc(-c6ccccc6)n5)c4)c3cc21. The molecule has 14 rings (SSSR count). The van der Waals surface area contributed by atoms with Gasteiger partial charge in [0.25, 0.3) is 0 Å². The first-order valence-corrected chi connectivity index (χ1v) is 24.3. The van der Waals surface area contributed by atoms with E-state index in [9.17, 15) is 0 Å². The average molecular weight is 875 g/mol. The van der Waals surface area contributed by atoms with Crippen LogP contribution in [-0.4, -0.2) is 19.1 Å². The molecule has 7 aromatic carbocycles. The van der Waals surface area contributed by atoms with Gasteiger partial charge in [-0.25, -0.2) is 9.97 Å². The standard InChI is InChI=1S/C64H50N4/c1-63(2)51-25-12-11-23-45(51)47-36-50-49-35-42(41-30-32-58-48(34-41)46-24-16-27-53-61(46)68(58)59-28-14-13-26-52(59)64(53,3)4)29-31-57(49)67(60(50)37-54(47)63)44-22-15-21-43(33-44)62-65-55(39-17-7-5-8-18-39)38-56(66-62)40-19-9-6-10-20-40/h5-15,17-23,25-38,52,59H,16,24H2,1-4H3. The quantitative estimate of drug-likeness (QED) is 0.173.